The van der Waals surface area contributed by atoms with Gasteiger partial charge in [-0.2, -0.15) is 5.26 Å². The van der Waals surface area contributed by atoms with Crippen molar-refractivity contribution in [3.63, 3.8) is 0 Å². The Labute approximate surface area is 175 Å². The van der Waals surface area contributed by atoms with Crippen LogP contribution in [0.15, 0.2) is 46.9 Å². The van der Waals surface area contributed by atoms with Gasteiger partial charge in [0.15, 0.2) is 5.75 Å². The fourth-order valence-electron chi connectivity index (χ4n) is 2.58. The zero-order valence-corrected chi connectivity index (χ0v) is 17.8. The Kier molecular flexibility index (Phi) is 6.45. The average Bonchev–Trinajstić information content (AvgIpc) is 3.09. The molecular formula is C21H17BrN2O3S. The molecule has 1 aromatic heterocycles. The van der Waals surface area contributed by atoms with E-state index in [2.05, 4.69) is 27.0 Å². The SMILES string of the molecule is CCOC(=O)c1sc(-c2cc(Br)c(OCc3ccccc3)c(C#N)c2)nc1C. The van der Waals surface area contributed by atoms with Gasteiger partial charge in [-0.25, -0.2) is 9.78 Å². The number of thiazole rings is 1. The van der Waals surface area contributed by atoms with Crippen LogP contribution in [-0.4, -0.2) is 17.6 Å². The van der Waals surface area contributed by atoms with Crippen LogP contribution in [0.4, 0.5) is 0 Å². The second kappa shape index (κ2) is 9.00. The van der Waals surface area contributed by atoms with Crippen molar-refractivity contribution >= 4 is 33.2 Å². The van der Waals surface area contributed by atoms with Gasteiger partial charge in [-0.3, -0.25) is 0 Å². The molecule has 0 N–H and O–H groups in total. The quantitative estimate of drug-likeness (QED) is 0.457. The Bertz CT molecular complexity index is 1040. The summed E-state index contributed by atoms with van der Waals surface area (Å²) < 4.78 is 11.6. The summed E-state index contributed by atoms with van der Waals surface area (Å²) in [6.07, 6.45) is 0. The van der Waals surface area contributed by atoms with Gasteiger partial charge in [0.25, 0.3) is 0 Å². The van der Waals surface area contributed by atoms with E-state index in [9.17, 15) is 10.1 Å². The van der Waals surface area contributed by atoms with Crippen molar-refractivity contribution in [3.8, 4) is 22.4 Å². The number of aryl methyl sites for hydroxylation is 1. The largest absolute Gasteiger partial charge is 0.486 e. The molecule has 0 aliphatic rings. The minimum atomic E-state index is -0.383. The van der Waals surface area contributed by atoms with Crippen LogP contribution in [0.5, 0.6) is 5.75 Å². The molecule has 2 aromatic carbocycles. The van der Waals surface area contributed by atoms with Crippen LogP contribution in [0.3, 0.4) is 0 Å². The third kappa shape index (κ3) is 4.41. The van der Waals surface area contributed by atoms with E-state index in [0.717, 1.165) is 11.1 Å². The molecule has 0 fully saturated rings. The number of esters is 1. The maximum atomic E-state index is 12.0. The van der Waals surface area contributed by atoms with Crippen molar-refractivity contribution in [2.45, 2.75) is 20.5 Å². The number of hydrogen-bond donors (Lipinski definition) is 0. The van der Waals surface area contributed by atoms with Gasteiger partial charge in [-0.05, 0) is 47.5 Å². The normalized spacial score (nSPS) is 10.4. The maximum Gasteiger partial charge on any atom is 0.350 e. The summed E-state index contributed by atoms with van der Waals surface area (Å²) in [5.41, 5.74) is 2.75. The van der Waals surface area contributed by atoms with Crippen molar-refractivity contribution in [2.24, 2.45) is 0 Å². The number of nitriles is 1. The number of nitrogens with zero attached hydrogens (tertiary/aromatic N) is 2. The zero-order chi connectivity index (χ0) is 20.1. The molecule has 142 valence electrons. The second-order valence-corrected chi connectivity index (χ2v) is 7.73. The number of ether oxygens (including phenoxy) is 2. The minimum absolute atomic E-state index is 0.309. The van der Waals surface area contributed by atoms with E-state index in [-0.39, 0.29) is 5.97 Å². The molecule has 0 aliphatic carbocycles. The lowest BCUT2D eigenvalue weighted by Gasteiger charge is -2.11. The predicted octanol–water partition coefficient (Wildman–Crippen LogP) is 5.51. The molecule has 7 heteroatoms. The third-order valence-electron chi connectivity index (χ3n) is 3.89. The van der Waals surface area contributed by atoms with Crippen molar-refractivity contribution in [3.05, 3.63) is 68.6 Å². The predicted molar refractivity (Wildman–Crippen MR) is 111 cm³/mol. The van der Waals surface area contributed by atoms with Crippen LogP contribution in [0, 0.1) is 18.3 Å². The first-order valence-electron chi connectivity index (χ1n) is 8.58. The zero-order valence-electron chi connectivity index (χ0n) is 15.4. The van der Waals surface area contributed by atoms with Crippen LogP contribution < -0.4 is 4.74 Å². The van der Waals surface area contributed by atoms with E-state index in [1.807, 2.05) is 36.4 Å². The molecule has 0 amide bonds. The van der Waals surface area contributed by atoms with Gasteiger partial charge < -0.3 is 9.47 Å². The van der Waals surface area contributed by atoms with E-state index in [1.165, 1.54) is 11.3 Å². The van der Waals surface area contributed by atoms with E-state index < -0.39 is 0 Å². The monoisotopic (exact) mass is 456 g/mol. The third-order valence-corrected chi connectivity index (χ3v) is 5.67. The van der Waals surface area contributed by atoms with Crippen molar-refractivity contribution < 1.29 is 14.3 Å². The van der Waals surface area contributed by atoms with Crippen LogP contribution in [0.2, 0.25) is 0 Å². The number of halogens is 1. The summed E-state index contributed by atoms with van der Waals surface area (Å²) in [6, 6.07) is 15.5. The van der Waals surface area contributed by atoms with E-state index in [4.69, 9.17) is 9.47 Å². The lowest BCUT2D eigenvalue weighted by atomic mass is 10.1. The molecule has 5 nitrogen and oxygen atoms in total. The Morgan fingerprint density at radius 2 is 2.04 bits per heavy atom. The van der Waals surface area contributed by atoms with Crippen LogP contribution in [0.25, 0.3) is 10.6 Å². The second-order valence-electron chi connectivity index (χ2n) is 5.87. The Balaban J connectivity index is 1.90. The molecule has 0 radical (unpaired) electrons. The van der Waals surface area contributed by atoms with E-state index in [0.29, 0.717) is 44.6 Å². The van der Waals surface area contributed by atoms with E-state index >= 15 is 0 Å². The molecule has 0 unspecified atom stereocenters. The van der Waals surface area contributed by atoms with Crippen molar-refractivity contribution in [1.29, 1.82) is 5.26 Å². The molecule has 3 aromatic rings. The smallest absolute Gasteiger partial charge is 0.350 e. The summed E-state index contributed by atoms with van der Waals surface area (Å²) in [5, 5.41) is 10.2. The Morgan fingerprint density at radius 3 is 2.71 bits per heavy atom. The average molecular weight is 457 g/mol. The lowest BCUT2D eigenvalue weighted by Crippen LogP contribution is -2.03. The molecule has 0 saturated heterocycles. The highest BCUT2D eigenvalue weighted by Crippen LogP contribution is 2.37. The van der Waals surface area contributed by atoms with Gasteiger partial charge in [0, 0.05) is 5.56 Å². The van der Waals surface area contributed by atoms with Crippen LogP contribution >= 0.6 is 27.3 Å². The molecule has 0 saturated carbocycles. The fourth-order valence-corrected chi connectivity index (χ4v) is 4.10. The van der Waals surface area contributed by atoms with Gasteiger partial charge in [0.1, 0.15) is 22.6 Å². The fraction of sp³-hybridized carbons (Fsp3) is 0.190. The highest BCUT2D eigenvalue weighted by atomic mass is 79.9. The first kappa shape index (κ1) is 20.1. The molecule has 0 atom stereocenters. The van der Waals surface area contributed by atoms with Gasteiger partial charge in [-0.1, -0.05) is 30.3 Å². The first-order chi connectivity index (χ1) is 13.5. The molecule has 28 heavy (non-hydrogen) atoms. The van der Waals surface area contributed by atoms with Crippen molar-refractivity contribution in [2.75, 3.05) is 6.61 Å². The molecule has 1 heterocycles. The van der Waals surface area contributed by atoms with Gasteiger partial charge in [0.2, 0.25) is 0 Å². The van der Waals surface area contributed by atoms with Crippen molar-refractivity contribution in [1.82, 2.24) is 4.98 Å². The number of carbonyl (C=O) groups is 1. The summed E-state index contributed by atoms with van der Waals surface area (Å²) in [6.45, 7) is 4.20. The summed E-state index contributed by atoms with van der Waals surface area (Å²) in [5.74, 6) is 0.0973. The Hall–Kier alpha value is -2.69. The van der Waals surface area contributed by atoms with Crippen LogP contribution in [-0.2, 0) is 11.3 Å². The Morgan fingerprint density at radius 1 is 1.29 bits per heavy atom. The number of carbonyl (C=O) groups excluding carboxylic acids is 1. The standard InChI is InChI=1S/C21H17BrN2O3S/c1-3-26-21(25)19-13(2)24-20(28-19)15-9-16(11-23)18(17(22)10-15)27-12-14-7-5-4-6-8-14/h4-10H,3,12H2,1-2H3. The lowest BCUT2D eigenvalue weighted by molar-refractivity contribution is 0.0531. The number of aromatic nitrogens is 1. The number of rotatable bonds is 6. The summed E-state index contributed by atoms with van der Waals surface area (Å²) >= 11 is 4.75. The highest BCUT2D eigenvalue weighted by Gasteiger charge is 2.19. The molecular weight excluding hydrogens is 440 g/mol. The van der Waals surface area contributed by atoms with E-state index in [1.54, 1.807) is 19.9 Å². The molecule has 3 rings (SSSR count). The van der Waals surface area contributed by atoms with Crippen LogP contribution in [0.1, 0.15) is 33.4 Å². The summed E-state index contributed by atoms with van der Waals surface area (Å²) in [7, 11) is 0. The maximum absolute atomic E-state index is 12.0. The highest BCUT2D eigenvalue weighted by molar-refractivity contribution is 9.10. The number of benzene rings is 2. The van der Waals surface area contributed by atoms with Gasteiger partial charge in [0.05, 0.1) is 22.3 Å². The first-order valence-corrected chi connectivity index (χ1v) is 10.2. The molecule has 0 spiro atoms. The van der Waals surface area contributed by atoms with Gasteiger partial charge >= 0.3 is 5.97 Å². The topological polar surface area (TPSA) is 72.2 Å². The minimum Gasteiger partial charge on any atom is -0.486 e. The van der Waals surface area contributed by atoms with Gasteiger partial charge in [-0.15, -0.1) is 11.3 Å². The molecule has 0 aliphatic heterocycles. The summed E-state index contributed by atoms with van der Waals surface area (Å²) in [4.78, 5) is 17.0. The molecule has 0 bridgehead atoms. The number of hydrogen-bond acceptors (Lipinski definition) is 6.